The van der Waals surface area contributed by atoms with Gasteiger partial charge in [0.05, 0.1) is 30.2 Å². The van der Waals surface area contributed by atoms with E-state index < -0.39 is 0 Å². The summed E-state index contributed by atoms with van der Waals surface area (Å²) >= 11 is 7.67. The Hall–Kier alpha value is -2.97. The van der Waals surface area contributed by atoms with Crippen LogP contribution in [0, 0.1) is 0 Å². The molecule has 0 aromatic heterocycles. The lowest BCUT2D eigenvalue weighted by Crippen LogP contribution is -2.40. The van der Waals surface area contributed by atoms with Crippen molar-refractivity contribution in [3.8, 4) is 11.5 Å². The summed E-state index contributed by atoms with van der Waals surface area (Å²) in [6.07, 6.45) is 6.64. The van der Waals surface area contributed by atoms with E-state index in [4.69, 9.17) is 21.1 Å². The smallest absolute Gasteiger partial charge is 0.283 e. The van der Waals surface area contributed by atoms with E-state index in [9.17, 15) is 9.59 Å². The Morgan fingerprint density at radius 2 is 1.92 bits per heavy atom. The number of halogens is 1. The maximum Gasteiger partial charge on any atom is 0.283 e. The highest BCUT2D eigenvalue weighted by molar-refractivity contribution is 8.15. The van der Waals surface area contributed by atoms with Crippen LogP contribution in [0.1, 0.15) is 44.6 Å². The van der Waals surface area contributed by atoms with Gasteiger partial charge in [-0.15, -0.1) is 0 Å². The van der Waals surface area contributed by atoms with Crippen molar-refractivity contribution in [3.05, 3.63) is 58.7 Å². The lowest BCUT2D eigenvalue weighted by atomic mass is 10.2. The number of hydrogen-bond donors (Lipinski definition) is 1. The maximum absolute atomic E-state index is 13.6. The van der Waals surface area contributed by atoms with E-state index in [1.54, 1.807) is 31.4 Å². The third-order valence-electron chi connectivity index (χ3n) is 6.25. The molecule has 7 nitrogen and oxygen atoms in total. The summed E-state index contributed by atoms with van der Waals surface area (Å²) < 4.78 is 10.5. The topological polar surface area (TPSA) is 80.2 Å². The summed E-state index contributed by atoms with van der Waals surface area (Å²) in [7, 11) is 3.14. The Morgan fingerprint density at radius 3 is 2.53 bits per heavy atom. The van der Waals surface area contributed by atoms with Crippen LogP contribution in [0.5, 0.6) is 11.5 Å². The van der Waals surface area contributed by atoms with Gasteiger partial charge in [0.1, 0.15) is 17.2 Å². The SMILES string of the molecule is CCC(SC1=N/C(=C/c2ccc(OC)cc2)C(=O)N1c1ccc(OC)c(Cl)c1)C(=O)NC1CCCC1. The minimum Gasteiger partial charge on any atom is -0.497 e. The van der Waals surface area contributed by atoms with E-state index in [1.807, 2.05) is 31.2 Å². The van der Waals surface area contributed by atoms with Gasteiger partial charge in [0.2, 0.25) is 5.91 Å². The van der Waals surface area contributed by atoms with E-state index in [1.165, 1.54) is 23.8 Å². The van der Waals surface area contributed by atoms with Gasteiger partial charge in [0, 0.05) is 6.04 Å². The second-order valence-corrected chi connectivity index (χ2v) is 10.2. The summed E-state index contributed by atoms with van der Waals surface area (Å²) in [5, 5.41) is 3.61. The highest BCUT2D eigenvalue weighted by Crippen LogP contribution is 2.36. The zero-order valence-electron chi connectivity index (χ0n) is 20.6. The van der Waals surface area contributed by atoms with Crippen molar-refractivity contribution in [3.63, 3.8) is 0 Å². The number of carbonyl (C=O) groups is 2. The predicted molar refractivity (Wildman–Crippen MR) is 146 cm³/mol. The van der Waals surface area contributed by atoms with Gasteiger partial charge in [-0.05, 0) is 61.2 Å². The molecule has 2 amide bonds. The molecule has 1 N–H and O–H groups in total. The molecule has 0 bridgehead atoms. The summed E-state index contributed by atoms with van der Waals surface area (Å²) in [5.41, 5.74) is 1.65. The Bertz CT molecular complexity index is 1180. The van der Waals surface area contributed by atoms with Crippen LogP contribution in [0.2, 0.25) is 5.02 Å². The standard InChI is InChI=1S/C27H30ClN3O4S/c1-4-24(25(32)29-18-7-5-6-8-18)36-27-30-22(15-17-9-12-20(34-2)13-10-17)26(33)31(27)19-11-14-23(35-3)21(28)16-19/h9-16,18,24H,4-8H2,1-3H3,(H,29,32)/b22-15+. The van der Waals surface area contributed by atoms with Crippen LogP contribution < -0.4 is 19.7 Å². The third-order valence-corrected chi connectivity index (χ3v) is 7.87. The number of hydrogen-bond acceptors (Lipinski definition) is 6. The number of nitrogens with zero attached hydrogens (tertiary/aromatic N) is 2. The van der Waals surface area contributed by atoms with Gasteiger partial charge in [-0.2, -0.15) is 0 Å². The second kappa shape index (κ2) is 11.8. The largest absolute Gasteiger partial charge is 0.497 e. The fourth-order valence-electron chi connectivity index (χ4n) is 4.27. The van der Waals surface area contributed by atoms with Crippen molar-refractivity contribution < 1.29 is 19.1 Å². The van der Waals surface area contributed by atoms with E-state index in [0.29, 0.717) is 28.0 Å². The van der Waals surface area contributed by atoms with Crippen LogP contribution in [-0.4, -0.2) is 42.5 Å². The first-order valence-electron chi connectivity index (χ1n) is 12.0. The van der Waals surface area contributed by atoms with Crippen LogP contribution in [0.3, 0.4) is 0 Å². The van der Waals surface area contributed by atoms with Crippen molar-refractivity contribution in [2.75, 3.05) is 19.1 Å². The van der Waals surface area contributed by atoms with Crippen molar-refractivity contribution in [2.24, 2.45) is 4.99 Å². The molecular weight excluding hydrogens is 498 g/mol. The van der Waals surface area contributed by atoms with Gasteiger partial charge in [-0.1, -0.05) is 55.3 Å². The number of carbonyl (C=O) groups excluding carboxylic acids is 2. The van der Waals surface area contributed by atoms with E-state index in [0.717, 1.165) is 37.0 Å². The number of aliphatic imine (C=N–C) groups is 1. The third kappa shape index (κ3) is 5.87. The van der Waals surface area contributed by atoms with Gasteiger partial charge in [0.25, 0.3) is 5.91 Å². The Morgan fingerprint density at radius 1 is 1.19 bits per heavy atom. The van der Waals surface area contributed by atoms with Gasteiger partial charge < -0.3 is 14.8 Å². The van der Waals surface area contributed by atoms with Crippen molar-refractivity contribution in [1.29, 1.82) is 0 Å². The first-order chi connectivity index (χ1) is 17.4. The fraction of sp³-hybridized carbons (Fsp3) is 0.370. The van der Waals surface area contributed by atoms with Gasteiger partial charge >= 0.3 is 0 Å². The summed E-state index contributed by atoms with van der Waals surface area (Å²) in [4.78, 5) is 32.8. The monoisotopic (exact) mass is 527 g/mol. The summed E-state index contributed by atoms with van der Waals surface area (Å²) in [5.74, 6) is 0.920. The Balaban J connectivity index is 1.65. The molecule has 1 fully saturated rings. The van der Waals surface area contributed by atoms with E-state index >= 15 is 0 Å². The molecule has 1 saturated carbocycles. The quantitative estimate of drug-likeness (QED) is 0.447. The average Bonchev–Trinajstić information content (AvgIpc) is 3.50. The van der Waals surface area contributed by atoms with Gasteiger partial charge in [-0.3, -0.25) is 14.5 Å². The maximum atomic E-state index is 13.6. The molecule has 1 aliphatic heterocycles. The zero-order valence-corrected chi connectivity index (χ0v) is 22.2. The molecule has 2 aliphatic rings. The van der Waals surface area contributed by atoms with Crippen LogP contribution in [0.25, 0.3) is 6.08 Å². The molecule has 190 valence electrons. The zero-order chi connectivity index (χ0) is 25.7. The molecule has 0 saturated heterocycles. The molecule has 0 spiro atoms. The second-order valence-electron chi connectivity index (χ2n) is 8.66. The number of thioether (sulfide) groups is 1. The summed E-state index contributed by atoms with van der Waals surface area (Å²) in [6.45, 7) is 1.96. The van der Waals surface area contributed by atoms with Crippen LogP contribution in [0.4, 0.5) is 5.69 Å². The fourth-order valence-corrected chi connectivity index (χ4v) is 5.56. The van der Waals surface area contributed by atoms with Crippen LogP contribution in [-0.2, 0) is 9.59 Å². The van der Waals surface area contributed by atoms with Gasteiger partial charge in [0.15, 0.2) is 5.17 Å². The first kappa shape index (κ1) is 26.1. The number of amides is 2. The molecule has 1 unspecified atom stereocenters. The van der Waals surface area contributed by atoms with E-state index in [2.05, 4.69) is 10.3 Å². The molecule has 36 heavy (non-hydrogen) atoms. The number of amidine groups is 1. The molecular formula is C27H30ClN3O4S. The van der Waals surface area contributed by atoms with Crippen LogP contribution >= 0.6 is 23.4 Å². The normalized spacial score (nSPS) is 17.9. The first-order valence-corrected chi connectivity index (χ1v) is 13.3. The molecule has 1 aliphatic carbocycles. The lowest BCUT2D eigenvalue weighted by molar-refractivity contribution is -0.121. The molecule has 0 radical (unpaired) electrons. The number of benzene rings is 2. The number of nitrogens with one attached hydrogen (secondary N) is 1. The summed E-state index contributed by atoms with van der Waals surface area (Å²) in [6, 6.07) is 12.7. The van der Waals surface area contributed by atoms with Crippen molar-refractivity contribution in [1.82, 2.24) is 5.32 Å². The van der Waals surface area contributed by atoms with Crippen molar-refractivity contribution in [2.45, 2.75) is 50.3 Å². The highest BCUT2D eigenvalue weighted by Gasteiger charge is 2.35. The van der Waals surface area contributed by atoms with Gasteiger partial charge in [-0.25, -0.2) is 4.99 Å². The molecule has 1 atom stereocenters. The number of rotatable bonds is 8. The Labute approximate surface area is 220 Å². The van der Waals surface area contributed by atoms with Crippen LogP contribution in [0.15, 0.2) is 53.2 Å². The number of ether oxygens (including phenoxy) is 2. The minimum atomic E-state index is -0.381. The van der Waals surface area contributed by atoms with Crippen molar-refractivity contribution >= 4 is 52.1 Å². The molecule has 9 heteroatoms. The number of anilines is 1. The minimum absolute atomic E-state index is 0.0233. The molecule has 2 aromatic rings. The highest BCUT2D eigenvalue weighted by atomic mass is 35.5. The Kier molecular flexibility index (Phi) is 8.59. The molecule has 1 heterocycles. The molecule has 4 rings (SSSR count). The number of methoxy groups -OCH3 is 2. The van der Waals surface area contributed by atoms with E-state index in [-0.39, 0.29) is 28.8 Å². The average molecular weight is 528 g/mol. The predicted octanol–water partition coefficient (Wildman–Crippen LogP) is 5.67. The lowest BCUT2D eigenvalue weighted by Gasteiger charge is -2.22. The molecule has 2 aromatic carbocycles.